The highest BCUT2D eigenvalue weighted by atomic mass is 32.2. The number of carbonyl (C=O) groups is 1. The Morgan fingerprint density at radius 1 is 1.22 bits per heavy atom. The largest absolute Gasteiger partial charge is 0.384 e. The number of ether oxygens (including phenoxy) is 1. The van der Waals surface area contributed by atoms with Gasteiger partial charge in [-0.2, -0.15) is 0 Å². The first-order chi connectivity index (χ1) is 11.0. The van der Waals surface area contributed by atoms with Gasteiger partial charge in [0.05, 0.1) is 17.3 Å². The van der Waals surface area contributed by atoms with Crippen molar-refractivity contribution < 1.29 is 17.9 Å². The molecule has 1 aliphatic rings. The number of benzene rings is 1. The molecule has 0 bridgehead atoms. The summed E-state index contributed by atoms with van der Waals surface area (Å²) in [6.45, 7) is 1.20. The van der Waals surface area contributed by atoms with Crippen LogP contribution in [0.5, 0.6) is 0 Å². The summed E-state index contributed by atoms with van der Waals surface area (Å²) in [5.41, 5.74) is 0.0166. The van der Waals surface area contributed by atoms with E-state index in [1.165, 1.54) is 0 Å². The molecule has 1 N–H and O–H groups in total. The zero-order valence-electron chi connectivity index (χ0n) is 13.6. The third kappa shape index (κ3) is 5.04. The minimum absolute atomic E-state index is 0.0136. The van der Waals surface area contributed by atoms with Crippen molar-refractivity contribution in [1.82, 2.24) is 5.32 Å². The van der Waals surface area contributed by atoms with E-state index in [1.54, 1.807) is 37.4 Å². The first kappa shape index (κ1) is 17.9. The summed E-state index contributed by atoms with van der Waals surface area (Å²) in [6, 6.07) is 8.24. The van der Waals surface area contributed by atoms with Crippen LogP contribution in [0.2, 0.25) is 0 Å². The highest BCUT2D eigenvalue weighted by Crippen LogP contribution is 2.37. The van der Waals surface area contributed by atoms with Crippen molar-refractivity contribution in [2.45, 2.75) is 37.0 Å². The number of rotatable bonds is 8. The normalized spacial score (nSPS) is 17.1. The number of amides is 1. The molecule has 0 unspecified atom stereocenters. The smallest absolute Gasteiger partial charge is 0.221 e. The van der Waals surface area contributed by atoms with Crippen LogP contribution in [0.15, 0.2) is 35.2 Å². The Labute approximate surface area is 138 Å². The Balaban J connectivity index is 1.83. The molecule has 23 heavy (non-hydrogen) atoms. The molecule has 0 aliphatic heterocycles. The second kappa shape index (κ2) is 7.93. The van der Waals surface area contributed by atoms with Gasteiger partial charge < -0.3 is 10.1 Å². The highest BCUT2D eigenvalue weighted by molar-refractivity contribution is 7.91. The van der Waals surface area contributed by atoms with Gasteiger partial charge in [-0.1, -0.05) is 31.0 Å². The molecule has 0 heterocycles. The van der Waals surface area contributed by atoms with Crippen molar-refractivity contribution in [3.63, 3.8) is 0 Å². The monoisotopic (exact) mass is 339 g/mol. The molecular formula is C17H25NO4S. The summed E-state index contributed by atoms with van der Waals surface area (Å²) in [7, 11) is -1.73. The molecule has 2 rings (SSSR count). The molecule has 5 nitrogen and oxygen atoms in total. The van der Waals surface area contributed by atoms with Crippen molar-refractivity contribution >= 4 is 15.7 Å². The van der Waals surface area contributed by atoms with Crippen LogP contribution < -0.4 is 5.32 Å². The number of carbonyl (C=O) groups excluding carboxylic acids is 1. The lowest BCUT2D eigenvalue weighted by atomic mass is 9.87. The van der Waals surface area contributed by atoms with Gasteiger partial charge in [0.25, 0.3) is 0 Å². The standard InChI is InChI=1S/C17H25NO4S/c1-22-14-17(10-5-6-11-17)13-18-16(19)9-12-23(20,21)15-7-3-2-4-8-15/h2-4,7-8H,5-6,9-14H2,1H3,(H,18,19). The Hall–Kier alpha value is -1.40. The molecule has 128 valence electrons. The number of methoxy groups -OCH3 is 1. The van der Waals surface area contributed by atoms with E-state index in [0.717, 1.165) is 25.7 Å². The van der Waals surface area contributed by atoms with Crippen LogP contribution in [-0.2, 0) is 19.4 Å². The quantitative estimate of drug-likeness (QED) is 0.788. The maximum atomic E-state index is 12.2. The minimum Gasteiger partial charge on any atom is -0.384 e. The molecule has 0 atom stereocenters. The Morgan fingerprint density at radius 2 is 1.87 bits per heavy atom. The number of hydrogen-bond acceptors (Lipinski definition) is 4. The summed E-state index contributed by atoms with van der Waals surface area (Å²) in [5, 5.41) is 2.89. The van der Waals surface area contributed by atoms with Gasteiger partial charge in [-0.15, -0.1) is 0 Å². The minimum atomic E-state index is -3.40. The summed E-state index contributed by atoms with van der Waals surface area (Å²) in [6.07, 6.45) is 4.39. The van der Waals surface area contributed by atoms with Crippen LogP contribution in [0.25, 0.3) is 0 Å². The van der Waals surface area contributed by atoms with Gasteiger partial charge in [0.15, 0.2) is 9.84 Å². The third-order valence-corrected chi connectivity index (χ3v) is 6.21. The van der Waals surface area contributed by atoms with E-state index in [0.29, 0.717) is 13.2 Å². The zero-order chi connectivity index (χ0) is 16.8. The molecule has 1 aromatic carbocycles. The Morgan fingerprint density at radius 3 is 2.48 bits per heavy atom. The summed E-state index contributed by atoms with van der Waals surface area (Å²) < 4.78 is 29.6. The molecule has 1 fully saturated rings. The molecule has 1 saturated carbocycles. The average Bonchev–Trinajstić information content (AvgIpc) is 3.01. The average molecular weight is 339 g/mol. The van der Waals surface area contributed by atoms with Crippen molar-refractivity contribution in [3.8, 4) is 0 Å². The molecule has 0 spiro atoms. The van der Waals surface area contributed by atoms with E-state index in [4.69, 9.17) is 4.74 Å². The van der Waals surface area contributed by atoms with Crippen LogP contribution in [0.1, 0.15) is 32.1 Å². The van der Waals surface area contributed by atoms with Crippen LogP contribution in [0.4, 0.5) is 0 Å². The molecule has 1 aromatic rings. The van der Waals surface area contributed by atoms with E-state index < -0.39 is 9.84 Å². The molecule has 0 radical (unpaired) electrons. The predicted octanol–water partition coefficient (Wildman–Crippen LogP) is 2.17. The number of sulfone groups is 1. The highest BCUT2D eigenvalue weighted by Gasteiger charge is 2.34. The molecule has 1 aliphatic carbocycles. The van der Waals surface area contributed by atoms with Gasteiger partial charge in [0.1, 0.15) is 0 Å². The van der Waals surface area contributed by atoms with Crippen LogP contribution in [0, 0.1) is 5.41 Å². The van der Waals surface area contributed by atoms with E-state index >= 15 is 0 Å². The lowest BCUT2D eigenvalue weighted by Crippen LogP contribution is -2.39. The second-order valence-corrected chi connectivity index (χ2v) is 8.41. The Bertz CT molecular complexity index is 607. The van der Waals surface area contributed by atoms with Gasteiger partial charge in [-0.25, -0.2) is 8.42 Å². The molecular weight excluding hydrogens is 314 g/mol. The maximum absolute atomic E-state index is 12.2. The molecule has 0 aromatic heterocycles. The fourth-order valence-electron chi connectivity index (χ4n) is 3.15. The third-order valence-electron chi connectivity index (χ3n) is 4.48. The lowest BCUT2D eigenvalue weighted by molar-refractivity contribution is -0.121. The van der Waals surface area contributed by atoms with Crippen LogP contribution in [-0.4, -0.2) is 40.3 Å². The first-order valence-electron chi connectivity index (χ1n) is 8.01. The van der Waals surface area contributed by atoms with Crippen molar-refractivity contribution in [2.24, 2.45) is 5.41 Å². The molecule has 0 saturated heterocycles. The molecule has 1 amide bonds. The zero-order valence-corrected chi connectivity index (χ0v) is 14.4. The van der Waals surface area contributed by atoms with Gasteiger partial charge in [-0.05, 0) is 25.0 Å². The van der Waals surface area contributed by atoms with Gasteiger partial charge >= 0.3 is 0 Å². The number of nitrogens with one attached hydrogen (secondary N) is 1. The maximum Gasteiger partial charge on any atom is 0.221 e. The first-order valence-corrected chi connectivity index (χ1v) is 9.66. The Kier molecular flexibility index (Phi) is 6.18. The number of hydrogen-bond donors (Lipinski definition) is 1. The van der Waals surface area contributed by atoms with Gasteiger partial charge in [0, 0.05) is 25.5 Å². The predicted molar refractivity (Wildman–Crippen MR) is 88.9 cm³/mol. The van der Waals surface area contributed by atoms with Crippen molar-refractivity contribution in [2.75, 3.05) is 26.0 Å². The topological polar surface area (TPSA) is 72.5 Å². The van der Waals surface area contributed by atoms with E-state index in [-0.39, 0.29) is 28.4 Å². The van der Waals surface area contributed by atoms with Crippen LogP contribution in [0.3, 0.4) is 0 Å². The second-order valence-electron chi connectivity index (χ2n) is 6.30. The van der Waals surface area contributed by atoms with Crippen molar-refractivity contribution in [3.05, 3.63) is 30.3 Å². The van der Waals surface area contributed by atoms with E-state index in [9.17, 15) is 13.2 Å². The van der Waals surface area contributed by atoms with Crippen molar-refractivity contribution in [1.29, 1.82) is 0 Å². The lowest BCUT2D eigenvalue weighted by Gasteiger charge is -2.28. The fourth-order valence-corrected chi connectivity index (χ4v) is 4.41. The van der Waals surface area contributed by atoms with E-state index in [1.807, 2.05) is 0 Å². The SMILES string of the molecule is COCC1(CNC(=O)CCS(=O)(=O)c2ccccc2)CCCC1. The fraction of sp³-hybridized carbons (Fsp3) is 0.588. The van der Waals surface area contributed by atoms with Gasteiger partial charge in [0.2, 0.25) is 5.91 Å². The summed E-state index contributed by atoms with van der Waals surface area (Å²) in [4.78, 5) is 12.3. The summed E-state index contributed by atoms with van der Waals surface area (Å²) in [5.74, 6) is -0.382. The molecule has 6 heteroatoms. The van der Waals surface area contributed by atoms with Crippen LogP contribution >= 0.6 is 0 Å². The van der Waals surface area contributed by atoms with E-state index in [2.05, 4.69) is 5.32 Å². The van der Waals surface area contributed by atoms with Gasteiger partial charge in [-0.3, -0.25) is 4.79 Å². The summed E-state index contributed by atoms with van der Waals surface area (Å²) >= 11 is 0.